The van der Waals surface area contributed by atoms with Crippen LogP contribution in [0.3, 0.4) is 0 Å². The van der Waals surface area contributed by atoms with Gasteiger partial charge in [-0.1, -0.05) is 26.0 Å². The zero-order chi connectivity index (χ0) is 16.5. The molecule has 0 aliphatic carbocycles. The van der Waals surface area contributed by atoms with Crippen LogP contribution in [0.2, 0.25) is 0 Å². The largest absolute Gasteiger partial charge is 0.493 e. The number of ether oxygens (including phenoxy) is 2. The first-order chi connectivity index (χ1) is 11.2. The standard InChI is InChI=1S/C18H27N3O2/c1-15(2)13-23-18-16(6-4-7-17(18)22-3)12-19-8-5-10-21-11-9-20-14-21/h4,6-7,9,11,14-15,19H,5,8,10,12-13H2,1-3H3. The van der Waals surface area contributed by atoms with Crippen LogP contribution >= 0.6 is 0 Å². The third kappa shape index (κ3) is 5.60. The van der Waals surface area contributed by atoms with Gasteiger partial charge in [0.15, 0.2) is 11.5 Å². The summed E-state index contributed by atoms with van der Waals surface area (Å²) in [5.74, 6) is 2.13. The van der Waals surface area contributed by atoms with Crippen molar-refractivity contribution in [3.63, 3.8) is 0 Å². The second-order valence-corrected chi connectivity index (χ2v) is 5.98. The molecule has 5 nitrogen and oxygen atoms in total. The van der Waals surface area contributed by atoms with Crippen LogP contribution in [0.5, 0.6) is 11.5 Å². The zero-order valence-electron chi connectivity index (χ0n) is 14.3. The lowest BCUT2D eigenvalue weighted by Crippen LogP contribution is -2.17. The molecular weight excluding hydrogens is 290 g/mol. The topological polar surface area (TPSA) is 48.3 Å². The van der Waals surface area contributed by atoms with Gasteiger partial charge in [-0.15, -0.1) is 0 Å². The number of rotatable bonds is 10. The van der Waals surface area contributed by atoms with Crippen LogP contribution in [0.1, 0.15) is 25.8 Å². The molecule has 1 aromatic heterocycles. The van der Waals surface area contributed by atoms with E-state index in [-0.39, 0.29) is 0 Å². The first-order valence-corrected chi connectivity index (χ1v) is 8.16. The number of aryl methyl sites for hydroxylation is 1. The molecule has 1 N–H and O–H groups in total. The van der Waals surface area contributed by atoms with E-state index in [2.05, 4.69) is 34.8 Å². The minimum Gasteiger partial charge on any atom is -0.493 e. The van der Waals surface area contributed by atoms with Gasteiger partial charge in [0.25, 0.3) is 0 Å². The highest BCUT2D eigenvalue weighted by atomic mass is 16.5. The van der Waals surface area contributed by atoms with Crippen LogP contribution in [0.25, 0.3) is 0 Å². The molecule has 0 spiro atoms. The van der Waals surface area contributed by atoms with Crippen LogP contribution in [0.4, 0.5) is 0 Å². The third-order valence-corrected chi connectivity index (χ3v) is 3.49. The van der Waals surface area contributed by atoms with Gasteiger partial charge in [0.2, 0.25) is 0 Å². The Balaban J connectivity index is 1.85. The van der Waals surface area contributed by atoms with Crippen molar-refractivity contribution in [3.05, 3.63) is 42.5 Å². The maximum Gasteiger partial charge on any atom is 0.165 e. The Morgan fingerprint density at radius 1 is 1.30 bits per heavy atom. The quantitative estimate of drug-likeness (QED) is 0.684. The zero-order valence-corrected chi connectivity index (χ0v) is 14.3. The van der Waals surface area contributed by atoms with Gasteiger partial charge in [-0.2, -0.15) is 0 Å². The van der Waals surface area contributed by atoms with Crippen molar-refractivity contribution in [3.8, 4) is 11.5 Å². The predicted octanol–water partition coefficient (Wildman–Crippen LogP) is 3.11. The Morgan fingerprint density at radius 3 is 2.87 bits per heavy atom. The summed E-state index contributed by atoms with van der Waals surface area (Å²) in [5.41, 5.74) is 1.13. The molecule has 1 aromatic carbocycles. The van der Waals surface area contributed by atoms with Gasteiger partial charge in [0.05, 0.1) is 20.0 Å². The fourth-order valence-corrected chi connectivity index (χ4v) is 2.30. The molecular formula is C18H27N3O2. The molecule has 2 rings (SSSR count). The van der Waals surface area contributed by atoms with E-state index in [4.69, 9.17) is 9.47 Å². The molecule has 0 aliphatic heterocycles. The maximum absolute atomic E-state index is 5.96. The summed E-state index contributed by atoms with van der Waals surface area (Å²) >= 11 is 0. The average Bonchev–Trinajstić information content (AvgIpc) is 3.06. The monoisotopic (exact) mass is 317 g/mol. The van der Waals surface area contributed by atoms with Crippen molar-refractivity contribution in [1.82, 2.24) is 14.9 Å². The molecule has 0 saturated carbocycles. The van der Waals surface area contributed by atoms with Crippen molar-refractivity contribution in [1.29, 1.82) is 0 Å². The van der Waals surface area contributed by atoms with Gasteiger partial charge in [-0.05, 0) is 24.9 Å². The molecule has 0 amide bonds. The van der Waals surface area contributed by atoms with E-state index in [0.717, 1.165) is 43.1 Å². The third-order valence-electron chi connectivity index (χ3n) is 3.49. The number of hydrogen-bond donors (Lipinski definition) is 1. The smallest absolute Gasteiger partial charge is 0.165 e. The van der Waals surface area contributed by atoms with Crippen molar-refractivity contribution in [2.45, 2.75) is 33.4 Å². The summed E-state index contributed by atoms with van der Waals surface area (Å²) in [7, 11) is 1.68. The Kier molecular flexibility index (Phi) is 6.94. The lowest BCUT2D eigenvalue weighted by molar-refractivity contribution is 0.254. The molecule has 0 fully saturated rings. The maximum atomic E-state index is 5.96. The van der Waals surface area contributed by atoms with E-state index in [9.17, 15) is 0 Å². The predicted molar refractivity (Wildman–Crippen MR) is 91.9 cm³/mol. The summed E-state index contributed by atoms with van der Waals surface area (Å²) in [6.07, 6.45) is 6.70. The number of nitrogens with one attached hydrogen (secondary N) is 1. The number of imidazole rings is 1. The van der Waals surface area contributed by atoms with Crippen molar-refractivity contribution >= 4 is 0 Å². The van der Waals surface area contributed by atoms with Gasteiger partial charge in [0, 0.05) is 31.0 Å². The van der Waals surface area contributed by atoms with Gasteiger partial charge in [-0.25, -0.2) is 4.98 Å². The summed E-state index contributed by atoms with van der Waals surface area (Å²) < 4.78 is 13.5. The molecule has 5 heteroatoms. The van der Waals surface area contributed by atoms with Crippen LogP contribution in [-0.4, -0.2) is 29.8 Å². The summed E-state index contributed by atoms with van der Waals surface area (Å²) in [6.45, 7) is 7.66. The number of aromatic nitrogens is 2. The molecule has 0 radical (unpaired) electrons. The Hall–Kier alpha value is -2.01. The number of methoxy groups -OCH3 is 1. The lowest BCUT2D eigenvalue weighted by Gasteiger charge is -2.16. The average molecular weight is 317 g/mol. The van der Waals surface area contributed by atoms with Crippen molar-refractivity contribution in [2.24, 2.45) is 5.92 Å². The summed E-state index contributed by atoms with van der Waals surface area (Å²) in [4.78, 5) is 4.05. The second-order valence-electron chi connectivity index (χ2n) is 5.98. The first kappa shape index (κ1) is 17.3. The molecule has 0 saturated heterocycles. The van der Waals surface area contributed by atoms with Crippen LogP contribution in [-0.2, 0) is 13.1 Å². The highest BCUT2D eigenvalue weighted by molar-refractivity contribution is 5.46. The number of para-hydroxylation sites is 1. The minimum atomic E-state index is 0.482. The molecule has 0 bridgehead atoms. The molecule has 1 heterocycles. The van der Waals surface area contributed by atoms with Gasteiger partial charge in [0.1, 0.15) is 0 Å². The van der Waals surface area contributed by atoms with Crippen molar-refractivity contribution in [2.75, 3.05) is 20.3 Å². The Labute approximate surface area is 138 Å². The first-order valence-electron chi connectivity index (χ1n) is 8.16. The fraction of sp³-hybridized carbons (Fsp3) is 0.500. The molecule has 0 unspecified atom stereocenters. The SMILES string of the molecule is COc1cccc(CNCCCn2ccnc2)c1OCC(C)C. The highest BCUT2D eigenvalue weighted by Gasteiger charge is 2.11. The van der Waals surface area contributed by atoms with Gasteiger partial charge >= 0.3 is 0 Å². The van der Waals surface area contributed by atoms with E-state index < -0.39 is 0 Å². The fourth-order valence-electron chi connectivity index (χ4n) is 2.30. The molecule has 0 aliphatic rings. The Bertz CT molecular complexity index is 568. The second kappa shape index (κ2) is 9.20. The molecule has 23 heavy (non-hydrogen) atoms. The van der Waals surface area contributed by atoms with Crippen LogP contribution < -0.4 is 14.8 Å². The van der Waals surface area contributed by atoms with Gasteiger partial charge < -0.3 is 19.4 Å². The summed E-state index contributed by atoms with van der Waals surface area (Å²) in [6, 6.07) is 6.03. The number of nitrogens with zero attached hydrogens (tertiary/aromatic N) is 2. The highest BCUT2D eigenvalue weighted by Crippen LogP contribution is 2.31. The normalized spacial score (nSPS) is 11.0. The molecule has 2 aromatic rings. The van der Waals surface area contributed by atoms with Crippen molar-refractivity contribution < 1.29 is 9.47 Å². The lowest BCUT2D eigenvalue weighted by atomic mass is 10.1. The van der Waals surface area contributed by atoms with Crippen LogP contribution in [0.15, 0.2) is 36.9 Å². The van der Waals surface area contributed by atoms with E-state index in [0.29, 0.717) is 12.5 Å². The van der Waals surface area contributed by atoms with Crippen LogP contribution in [0, 0.1) is 5.92 Å². The van der Waals surface area contributed by atoms with Gasteiger partial charge in [-0.3, -0.25) is 0 Å². The number of hydrogen-bond acceptors (Lipinski definition) is 4. The summed E-state index contributed by atoms with van der Waals surface area (Å²) in [5, 5.41) is 3.47. The molecule has 0 atom stereocenters. The van der Waals surface area contributed by atoms with E-state index >= 15 is 0 Å². The van der Waals surface area contributed by atoms with E-state index in [1.165, 1.54) is 0 Å². The Morgan fingerprint density at radius 2 is 2.17 bits per heavy atom. The van der Waals surface area contributed by atoms with E-state index in [1.54, 1.807) is 7.11 Å². The minimum absolute atomic E-state index is 0.482. The molecule has 126 valence electrons. The number of benzene rings is 1. The van der Waals surface area contributed by atoms with E-state index in [1.807, 2.05) is 30.9 Å².